The molecule has 0 fully saturated rings. The fourth-order valence-electron chi connectivity index (χ4n) is 3.02. The molecule has 0 saturated heterocycles. The molecule has 3 heterocycles. The lowest BCUT2D eigenvalue weighted by Gasteiger charge is -2.20. The van der Waals surface area contributed by atoms with E-state index in [0.29, 0.717) is 12.4 Å². The second-order valence-corrected chi connectivity index (χ2v) is 6.64. The molecule has 8 heteroatoms. The fraction of sp³-hybridized carbons (Fsp3) is 0.200. The highest BCUT2D eigenvalue weighted by Gasteiger charge is 2.18. The zero-order chi connectivity index (χ0) is 19.5. The molecule has 0 aliphatic rings. The van der Waals surface area contributed by atoms with E-state index < -0.39 is 0 Å². The van der Waals surface area contributed by atoms with Crippen LogP contribution in [0.1, 0.15) is 24.4 Å². The van der Waals surface area contributed by atoms with Crippen LogP contribution in [0.25, 0.3) is 11.3 Å². The molecule has 0 aliphatic carbocycles. The number of para-hydroxylation sites is 1. The van der Waals surface area contributed by atoms with Crippen molar-refractivity contribution < 1.29 is 4.79 Å². The molecular formula is C20H21N7O. The molecule has 0 saturated carbocycles. The largest absolute Gasteiger partial charge is 0.328 e. The Balaban J connectivity index is 1.40. The van der Waals surface area contributed by atoms with Gasteiger partial charge in [-0.2, -0.15) is 5.10 Å². The third kappa shape index (κ3) is 3.57. The summed E-state index contributed by atoms with van der Waals surface area (Å²) in [7, 11) is 1.75. The van der Waals surface area contributed by atoms with Gasteiger partial charge in [-0.3, -0.25) is 4.40 Å². The van der Waals surface area contributed by atoms with Gasteiger partial charge in [0.05, 0.1) is 24.5 Å². The first-order valence-corrected chi connectivity index (χ1v) is 9.02. The first kappa shape index (κ1) is 17.7. The van der Waals surface area contributed by atoms with Crippen LogP contribution in [0.4, 0.5) is 4.79 Å². The number of benzene rings is 1. The number of fused-ring (bicyclic) bond motifs is 1. The van der Waals surface area contributed by atoms with Gasteiger partial charge in [0.25, 0.3) is 0 Å². The second-order valence-electron chi connectivity index (χ2n) is 6.64. The highest BCUT2D eigenvalue weighted by atomic mass is 16.2. The van der Waals surface area contributed by atoms with Crippen molar-refractivity contribution in [3.05, 3.63) is 78.5 Å². The van der Waals surface area contributed by atoms with E-state index in [1.807, 2.05) is 72.2 Å². The maximum Gasteiger partial charge on any atom is 0.318 e. The monoisotopic (exact) mass is 375 g/mol. The molecule has 4 rings (SSSR count). The van der Waals surface area contributed by atoms with Gasteiger partial charge in [0, 0.05) is 25.0 Å². The van der Waals surface area contributed by atoms with E-state index in [2.05, 4.69) is 20.6 Å². The van der Waals surface area contributed by atoms with Gasteiger partial charge >= 0.3 is 6.03 Å². The summed E-state index contributed by atoms with van der Waals surface area (Å²) < 4.78 is 3.67. The Labute approximate surface area is 162 Å². The second kappa shape index (κ2) is 7.51. The first-order chi connectivity index (χ1) is 13.6. The third-order valence-electron chi connectivity index (χ3n) is 4.49. The lowest BCUT2D eigenvalue weighted by molar-refractivity contribution is 0.203. The number of rotatable bonds is 5. The van der Waals surface area contributed by atoms with Crippen molar-refractivity contribution >= 4 is 11.7 Å². The van der Waals surface area contributed by atoms with Crippen molar-refractivity contribution in [3.8, 4) is 5.69 Å². The van der Waals surface area contributed by atoms with E-state index in [0.717, 1.165) is 16.9 Å². The molecule has 4 aromatic rings. The van der Waals surface area contributed by atoms with E-state index in [1.165, 1.54) is 0 Å². The smallest absolute Gasteiger partial charge is 0.318 e. The Morgan fingerprint density at radius 3 is 2.75 bits per heavy atom. The number of hydrogen-bond donors (Lipinski definition) is 1. The van der Waals surface area contributed by atoms with Crippen molar-refractivity contribution in [2.75, 3.05) is 7.05 Å². The highest BCUT2D eigenvalue weighted by molar-refractivity contribution is 5.74. The predicted molar refractivity (Wildman–Crippen MR) is 105 cm³/mol. The Bertz CT molecular complexity index is 1090. The van der Waals surface area contributed by atoms with Crippen LogP contribution >= 0.6 is 0 Å². The van der Waals surface area contributed by atoms with Gasteiger partial charge in [-0.1, -0.05) is 24.3 Å². The quantitative estimate of drug-likeness (QED) is 0.582. The minimum Gasteiger partial charge on any atom is -0.328 e. The molecule has 1 unspecified atom stereocenters. The van der Waals surface area contributed by atoms with E-state index in [4.69, 9.17) is 0 Å². The van der Waals surface area contributed by atoms with E-state index in [-0.39, 0.29) is 12.1 Å². The minimum atomic E-state index is -0.278. The molecule has 2 amide bonds. The molecule has 0 spiro atoms. The normalized spacial score (nSPS) is 12.1. The molecular weight excluding hydrogens is 354 g/mol. The van der Waals surface area contributed by atoms with Crippen molar-refractivity contribution in [2.24, 2.45) is 0 Å². The number of amides is 2. The molecule has 3 aromatic heterocycles. The topological polar surface area (TPSA) is 80.3 Å². The van der Waals surface area contributed by atoms with Crippen molar-refractivity contribution in [1.82, 2.24) is 34.6 Å². The summed E-state index contributed by atoms with van der Waals surface area (Å²) in [5.74, 6) is 0.689. The van der Waals surface area contributed by atoms with Crippen LogP contribution in [0.15, 0.2) is 67.1 Å². The van der Waals surface area contributed by atoms with Gasteiger partial charge in [0.2, 0.25) is 0 Å². The average molecular weight is 375 g/mol. The van der Waals surface area contributed by atoms with Crippen molar-refractivity contribution in [3.63, 3.8) is 0 Å². The van der Waals surface area contributed by atoms with Crippen LogP contribution in [-0.4, -0.2) is 42.4 Å². The Hall–Kier alpha value is -3.68. The van der Waals surface area contributed by atoms with Crippen LogP contribution in [-0.2, 0) is 6.54 Å². The number of pyridine rings is 1. The van der Waals surface area contributed by atoms with Crippen molar-refractivity contribution in [1.29, 1.82) is 0 Å². The molecule has 0 bridgehead atoms. The lowest BCUT2D eigenvalue weighted by atomic mass is 10.3. The number of hydrogen-bond acceptors (Lipinski definition) is 4. The van der Waals surface area contributed by atoms with Crippen LogP contribution in [0.2, 0.25) is 0 Å². The van der Waals surface area contributed by atoms with E-state index in [9.17, 15) is 4.79 Å². The Kier molecular flexibility index (Phi) is 4.76. The molecule has 8 nitrogen and oxygen atoms in total. The number of carbonyl (C=O) groups is 1. The highest BCUT2D eigenvalue weighted by Crippen LogP contribution is 2.13. The van der Waals surface area contributed by atoms with Crippen LogP contribution in [0.5, 0.6) is 0 Å². The summed E-state index contributed by atoms with van der Waals surface area (Å²) in [6.45, 7) is 2.34. The van der Waals surface area contributed by atoms with Gasteiger partial charge < -0.3 is 10.2 Å². The van der Waals surface area contributed by atoms with E-state index in [1.54, 1.807) is 22.8 Å². The van der Waals surface area contributed by atoms with E-state index >= 15 is 0 Å². The summed E-state index contributed by atoms with van der Waals surface area (Å²) in [6.07, 6.45) is 5.58. The van der Waals surface area contributed by atoms with Crippen molar-refractivity contribution in [2.45, 2.75) is 19.5 Å². The Morgan fingerprint density at radius 1 is 1.14 bits per heavy atom. The fourth-order valence-corrected chi connectivity index (χ4v) is 3.02. The standard InChI is InChI=1S/C20H21N7O/c1-15(19-24-23-18-10-6-7-11-26(18)19)22-20(28)25(2)13-16-12-21-27(14-16)17-8-4-3-5-9-17/h3-12,14-15H,13H2,1-2H3,(H,22,28). The Morgan fingerprint density at radius 2 is 1.93 bits per heavy atom. The summed E-state index contributed by atoms with van der Waals surface area (Å²) in [5.41, 5.74) is 2.68. The number of nitrogens with zero attached hydrogens (tertiary/aromatic N) is 6. The van der Waals surface area contributed by atoms with Crippen LogP contribution < -0.4 is 5.32 Å². The predicted octanol–water partition coefficient (Wildman–Crippen LogP) is 2.82. The third-order valence-corrected chi connectivity index (χ3v) is 4.49. The summed E-state index contributed by atoms with van der Waals surface area (Å²) >= 11 is 0. The zero-order valence-electron chi connectivity index (χ0n) is 15.7. The van der Waals surface area contributed by atoms with Gasteiger partial charge in [0.15, 0.2) is 11.5 Å². The van der Waals surface area contributed by atoms with Gasteiger partial charge in [-0.05, 0) is 31.2 Å². The van der Waals surface area contributed by atoms with Crippen LogP contribution in [0, 0.1) is 0 Å². The molecule has 28 heavy (non-hydrogen) atoms. The van der Waals surface area contributed by atoms with Gasteiger partial charge in [-0.15, -0.1) is 10.2 Å². The molecule has 1 atom stereocenters. The first-order valence-electron chi connectivity index (χ1n) is 9.02. The molecule has 1 aromatic carbocycles. The number of nitrogens with one attached hydrogen (secondary N) is 1. The zero-order valence-corrected chi connectivity index (χ0v) is 15.7. The minimum absolute atomic E-state index is 0.187. The maximum atomic E-state index is 12.6. The maximum absolute atomic E-state index is 12.6. The summed E-state index contributed by atoms with van der Waals surface area (Å²) in [6, 6.07) is 15.1. The summed E-state index contributed by atoms with van der Waals surface area (Å²) in [5, 5.41) is 15.7. The lowest BCUT2D eigenvalue weighted by Crippen LogP contribution is -2.38. The number of urea groups is 1. The average Bonchev–Trinajstić information content (AvgIpc) is 3.35. The molecule has 142 valence electrons. The number of carbonyl (C=O) groups excluding carboxylic acids is 1. The molecule has 0 aliphatic heterocycles. The van der Waals surface area contributed by atoms with Gasteiger partial charge in [0.1, 0.15) is 0 Å². The SMILES string of the molecule is CC(NC(=O)N(C)Cc1cnn(-c2ccccc2)c1)c1nnc2ccccn12. The number of aromatic nitrogens is 5. The van der Waals surface area contributed by atoms with Gasteiger partial charge in [-0.25, -0.2) is 9.48 Å². The van der Waals surface area contributed by atoms with Crippen LogP contribution in [0.3, 0.4) is 0 Å². The molecule has 0 radical (unpaired) electrons. The molecule has 1 N–H and O–H groups in total. The summed E-state index contributed by atoms with van der Waals surface area (Å²) in [4.78, 5) is 14.2.